The minimum atomic E-state index is -1.93. The maximum atomic E-state index is 4.90. The molecule has 2 aromatic carbocycles. The van der Waals surface area contributed by atoms with E-state index in [4.69, 9.17) is 4.98 Å². The Morgan fingerprint density at radius 3 is 2.41 bits per heavy atom. The molecule has 2 aromatic heterocycles. The summed E-state index contributed by atoms with van der Waals surface area (Å²) in [6, 6.07) is 17.9. The molecule has 0 N–H and O–H groups in total. The molecule has 0 saturated heterocycles. The van der Waals surface area contributed by atoms with Gasteiger partial charge in [0.05, 0.1) is 0 Å². The van der Waals surface area contributed by atoms with Crippen LogP contribution >= 0.6 is 11.3 Å². The number of thiophene rings is 1. The fraction of sp³-hybridized carbons (Fsp3) is 0.292. The molecule has 27 heavy (non-hydrogen) atoms. The third-order valence-electron chi connectivity index (χ3n) is 5.10. The Bertz CT molecular complexity index is 1120. The normalized spacial score (nSPS) is 12.4. The van der Waals surface area contributed by atoms with Crippen LogP contribution in [0, 0.1) is 5.92 Å². The molecule has 0 aliphatic rings. The van der Waals surface area contributed by atoms with Crippen molar-refractivity contribution in [3.05, 3.63) is 60.3 Å². The number of hydrogen-bond donors (Lipinski definition) is 0. The van der Waals surface area contributed by atoms with Crippen molar-refractivity contribution in [1.82, 2.24) is 4.98 Å². The van der Waals surface area contributed by atoms with E-state index in [1.807, 2.05) is 11.3 Å². The van der Waals surface area contributed by atoms with E-state index in [2.05, 4.69) is 85.8 Å². The molecule has 4 aromatic rings. The summed E-state index contributed by atoms with van der Waals surface area (Å²) in [4.78, 5) is 4.90. The van der Waals surface area contributed by atoms with Gasteiger partial charge in [0.15, 0.2) is 0 Å². The van der Waals surface area contributed by atoms with Crippen LogP contribution in [0.1, 0.15) is 19.4 Å². The summed E-state index contributed by atoms with van der Waals surface area (Å²) in [6.07, 6.45) is 3.32. The Morgan fingerprint density at radius 2 is 1.67 bits per heavy atom. The van der Waals surface area contributed by atoms with Crippen molar-refractivity contribution in [2.24, 2.45) is 5.92 Å². The van der Waals surface area contributed by atoms with E-state index in [1.54, 1.807) is 4.40 Å². The fourth-order valence-electron chi connectivity index (χ4n) is 3.82. The van der Waals surface area contributed by atoms with E-state index in [0.29, 0.717) is 5.92 Å². The van der Waals surface area contributed by atoms with Crippen LogP contribution in [-0.2, 0) is 6.42 Å². The van der Waals surface area contributed by atoms with Crippen molar-refractivity contribution in [3.63, 3.8) is 0 Å². The molecular weight excluding hydrogens is 407 g/mol. The molecular formula is C24H27GeNS. The second kappa shape index (κ2) is 7.07. The van der Waals surface area contributed by atoms with Gasteiger partial charge in [0, 0.05) is 0 Å². The molecule has 0 aliphatic heterocycles. The van der Waals surface area contributed by atoms with Gasteiger partial charge in [-0.25, -0.2) is 0 Å². The zero-order valence-corrected chi connectivity index (χ0v) is 19.8. The Labute approximate surface area is 168 Å². The van der Waals surface area contributed by atoms with Gasteiger partial charge < -0.3 is 0 Å². The molecule has 0 unspecified atom stereocenters. The van der Waals surface area contributed by atoms with Crippen LogP contribution in [0.15, 0.2) is 54.7 Å². The molecule has 0 amide bonds. The summed E-state index contributed by atoms with van der Waals surface area (Å²) in [6.45, 7) is 4.62. The first-order valence-corrected chi connectivity index (χ1v) is 17.9. The number of benzene rings is 2. The summed E-state index contributed by atoms with van der Waals surface area (Å²) in [7, 11) is 0. The van der Waals surface area contributed by atoms with Crippen molar-refractivity contribution in [2.45, 2.75) is 37.5 Å². The first-order valence-electron chi connectivity index (χ1n) is 9.74. The van der Waals surface area contributed by atoms with E-state index in [0.717, 1.165) is 12.1 Å². The molecule has 0 saturated carbocycles. The number of aromatic nitrogens is 1. The molecule has 4 rings (SSSR count). The predicted octanol–water partition coefficient (Wildman–Crippen LogP) is 6.86. The molecule has 0 spiro atoms. The van der Waals surface area contributed by atoms with Crippen LogP contribution in [0.3, 0.4) is 0 Å². The molecule has 0 bridgehead atoms. The van der Waals surface area contributed by atoms with Gasteiger partial charge in [0.1, 0.15) is 0 Å². The minimum absolute atomic E-state index is 0.659. The quantitative estimate of drug-likeness (QED) is 0.320. The topological polar surface area (TPSA) is 12.9 Å². The van der Waals surface area contributed by atoms with E-state index in [1.165, 1.54) is 31.3 Å². The van der Waals surface area contributed by atoms with Crippen LogP contribution in [0.25, 0.3) is 31.4 Å². The SMILES string of the molecule is CC(C)Cc1cc(-c2ccc3sc4ccccc4c3c2)nc[c]1[Ge]([CH3])([CH3])[CH3]. The second-order valence-corrected chi connectivity index (χ2v) is 20.5. The van der Waals surface area contributed by atoms with Gasteiger partial charge in [-0.3, -0.25) is 0 Å². The van der Waals surface area contributed by atoms with Gasteiger partial charge in [-0.2, -0.15) is 0 Å². The van der Waals surface area contributed by atoms with Crippen molar-refractivity contribution >= 4 is 49.2 Å². The fourth-order valence-corrected chi connectivity index (χ4v) is 8.25. The summed E-state index contributed by atoms with van der Waals surface area (Å²) in [5, 5.41) is 2.70. The number of nitrogens with zero attached hydrogens (tertiary/aromatic N) is 1. The molecule has 0 radical (unpaired) electrons. The van der Waals surface area contributed by atoms with Gasteiger partial charge >= 0.3 is 169 Å². The standard InChI is InChI=1S/C24H27GeNS/c1-16(2)12-18-14-22(26-15-21(18)25(3,4)5)17-10-11-24-20(13-17)19-8-6-7-9-23(19)27-24/h6-11,13-16H,12H2,1-5H3. The first kappa shape index (κ1) is 18.7. The molecule has 1 nitrogen and oxygen atoms in total. The van der Waals surface area contributed by atoms with Crippen molar-refractivity contribution in [3.8, 4) is 11.3 Å². The third-order valence-corrected chi connectivity index (χ3v) is 10.6. The maximum absolute atomic E-state index is 4.90. The van der Waals surface area contributed by atoms with E-state index >= 15 is 0 Å². The van der Waals surface area contributed by atoms with Gasteiger partial charge in [-0.15, -0.1) is 0 Å². The monoisotopic (exact) mass is 435 g/mol. The van der Waals surface area contributed by atoms with Crippen LogP contribution in [-0.4, -0.2) is 18.3 Å². The molecule has 2 heterocycles. The number of fused-ring (bicyclic) bond motifs is 3. The number of rotatable bonds is 4. The van der Waals surface area contributed by atoms with E-state index in [-0.39, 0.29) is 0 Å². The van der Waals surface area contributed by atoms with Crippen LogP contribution in [0.4, 0.5) is 0 Å². The molecule has 0 atom stereocenters. The Hall–Kier alpha value is -1.65. The molecule has 3 heteroatoms. The average molecular weight is 434 g/mol. The van der Waals surface area contributed by atoms with Crippen molar-refractivity contribution in [1.29, 1.82) is 0 Å². The summed E-state index contributed by atoms with van der Waals surface area (Å²) in [5.41, 5.74) is 3.85. The zero-order chi connectivity index (χ0) is 19.2. The van der Waals surface area contributed by atoms with Crippen LogP contribution in [0.5, 0.6) is 0 Å². The third kappa shape index (κ3) is 3.70. The van der Waals surface area contributed by atoms with E-state index in [9.17, 15) is 0 Å². The molecule has 0 fully saturated rings. The van der Waals surface area contributed by atoms with Crippen molar-refractivity contribution < 1.29 is 0 Å². The number of pyridine rings is 1. The summed E-state index contributed by atoms with van der Waals surface area (Å²) < 4.78 is 4.26. The predicted molar refractivity (Wildman–Crippen MR) is 124 cm³/mol. The van der Waals surface area contributed by atoms with Crippen LogP contribution < -0.4 is 4.40 Å². The van der Waals surface area contributed by atoms with Gasteiger partial charge in [-0.05, 0) is 0 Å². The summed E-state index contributed by atoms with van der Waals surface area (Å²) in [5.74, 6) is 8.05. The van der Waals surface area contributed by atoms with Gasteiger partial charge in [-0.1, -0.05) is 0 Å². The number of hydrogen-bond acceptors (Lipinski definition) is 2. The second-order valence-electron chi connectivity index (χ2n) is 8.88. The van der Waals surface area contributed by atoms with Gasteiger partial charge in [0.2, 0.25) is 0 Å². The van der Waals surface area contributed by atoms with Crippen molar-refractivity contribution in [2.75, 3.05) is 0 Å². The first-order chi connectivity index (χ1) is 12.8. The Kier molecular flexibility index (Phi) is 4.90. The zero-order valence-electron chi connectivity index (χ0n) is 16.8. The molecule has 0 aliphatic carbocycles. The Balaban J connectivity index is 1.86. The van der Waals surface area contributed by atoms with E-state index < -0.39 is 13.3 Å². The molecule has 138 valence electrons. The summed E-state index contributed by atoms with van der Waals surface area (Å²) >= 11 is -0.0581. The Morgan fingerprint density at radius 1 is 0.926 bits per heavy atom. The average Bonchev–Trinajstić information content (AvgIpc) is 2.98. The van der Waals surface area contributed by atoms with Crippen LogP contribution in [0.2, 0.25) is 17.3 Å². The van der Waals surface area contributed by atoms with Gasteiger partial charge in [0.25, 0.3) is 0 Å².